The van der Waals surface area contributed by atoms with Crippen LogP contribution in [0.25, 0.3) is 0 Å². The summed E-state index contributed by atoms with van der Waals surface area (Å²) in [5.74, 6) is -0.172. The average Bonchev–Trinajstić information content (AvgIpc) is 2.09. The van der Waals surface area contributed by atoms with Crippen LogP contribution in [0.1, 0.15) is 13.3 Å². The van der Waals surface area contributed by atoms with Crippen LogP contribution in [0.4, 0.5) is 0 Å². The van der Waals surface area contributed by atoms with E-state index < -0.39 is 0 Å². The molecule has 0 aromatic heterocycles. The Morgan fingerprint density at radius 3 is 2.86 bits per heavy atom. The second-order valence-corrected chi connectivity index (χ2v) is 2.96. The molecule has 0 aromatic carbocycles. The number of nitrogens with one attached hydrogen (secondary N) is 3. The van der Waals surface area contributed by atoms with E-state index in [1.54, 1.807) is 0 Å². The highest BCUT2D eigenvalue weighted by Gasteiger charge is 2.23. The largest absolute Gasteiger partial charge is 0.356 e. The summed E-state index contributed by atoms with van der Waals surface area (Å²) in [5.41, 5.74) is 0. The van der Waals surface area contributed by atoms with Crippen LogP contribution in [0.15, 0.2) is 0 Å². The third-order valence-electron chi connectivity index (χ3n) is 1.89. The van der Waals surface area contributed by atoms with Gasteiger partial charge in [-0.15, -0.1) is 12.4 Å². The highest BCUT2D eigenvalue weighted by molar-refractivity contribution is 5.88. The van der Waals surface area contributed by atoms with Crippen molar-refractivity contribution in [3.63, 3.8) is 0 Å². The van der Waals surface area contributed by atoms with Gasteiger partial charge in [0, 0.05) is 19.6 Å². The average molecular weight is 222 g/mol. The van der Waals surface area contributed by atoms with E-state index in [4.69, 9.17) is 0 Å². The van der Waals surface area contributed by atoms with Gasteiger partial charge in [-0.2, -0.15) is 0 Å². The molecule has 1 aliphatic rings. The highest BCUT2D eigenvalue weighted by atomic mass is 35.5. The summed E-state index contributed by atoms with van der Waals surface area (Å²) in [6.07, 6.45) is 0.222. The lowest BCUT2D eigenvalue weighted by atomic mass is 10.1. The second kappa shape index (κ2) is 6.62. The van der Waals surface area contributed by atoms with Crippen LogP contribution in [-0.2, 0) is 9.59 Å². The van der Waals surface area contributed by atoms with Gasteiger partial charge in [0.1, 0.15) is 0 Å². The number of hydrogen-bond donors (Lipinski definition) is 3. The molecule has 1 heterocycles. The number of rotatable bonds is 3. The van der Waals surface area contributed by atoms with Gasteiger partial charge in [0.25, 0.3) is 0 Å². The maximum atomic E-state index is 11.2. The molecular weight excluding hydrogens is 206 g/mol. The van der Waals surface area contributed by atoms with Crippen LogP contribution in [0.5, 0.6) is 0 Å². The zero-order valence-corrected chi connectivity index (χ0v) is 8.95. The van der Waals surface area contributed by atoms with E-state index >= 15 is 0 Å². The lowest BCUT2D eigenvalue weighted by Crippen LogP contribution is -2.54. The number of hydrogen-bond acceptors (Lipinski definition) is 3. The van der Waals surface area contributed by atoms with E-state index in [9.17, 15) is 9.59 Å². The van der Waals surface area contributed by atoms with Gasteiger partial charge in [-0.05, 0) is 6.92 Å². The second-order valence-electron chi connectivity index (χ2n) is 2.96. The van der Waals surface area contributed by atoms with Gasteiger partial charge in [0.05, 0.1) is 12.5 Å². The van der Waals surface area contributed by atoms with E-state index in [0.717, 1.165) is 6.54 Å². The monoisotopic (exact) mass is 221 g/mol. The van der Waals surface area contributed by atoms with Crippen molar-refractivity contribution in [2.24, 2.45) is 0 Å². The van der Waals surface area contributed by atoms with Crippen molar-refractivity contribution in [3.05, 3.63) is 0 Å². The Kier molecular flexibility index (Phi) is 6.23. The van der Waals surface area contributed by atoms with Crippen molar-refractivity contribution in [2.75, 3.05) is 19.6 Å². The van der Waals surface area contributed by atoms with Gasteiger partial charge < -0.3 is 16.0 Å². The first-order valence-electron chi connectivity index (χ1n) is 4.52. The molecule has 6 heteroatoms. The van der Waals surface area contributed by atoms with Crippen LogP contribution in [-0.4, -0.2) is 37.5 Å². The van der Waals surface area contributed by atoms with Gasteiger partial charge in [-0.25, -0.2) is 0 Å². The van der Waals surface area contributed by atoms with Crippen molar-refractivity contribution in [1.82, 2.24) is 16.0 Å². The van der Waals surface area contributed by atoms with Gasteiger partial charge in [-0.3, -0.25) is 9.59 Å². The molecule has 0 bridgehead atoms. The Labute approximate surface area is 89.4 Å². The molecule has 0 spiro atoms. The van der Waals surface area contributed by atoms with Gasteiger partial charge in [0.2, 0.25) is 11.8 Å². The van der Waals surface area contributed by atoms with E-state index in [0.29, 0.717) is 13.1 Å². The Morgan fingerprint density at radius 2 is 2.29 bits per heavy atom. The fraction of sp³-hybridized carbons (Fsp3) is 0.750. The van der Waals surface area contributed by atoms with E-state index in [1.807, 2.05) is 6.92 Å². The van der Waals surface area contributed by atoms with Crippen molar-refractivity contribution in [1.29, 1.82) is 0 Å². The molecule has 1 rings (SSSR count). The topological polar surface area (TPSA) is 70.2 Å². The quantitative estimate of drug-likeness (QED) is 0.574. The summed E-state index contributed by atoms with van der Waals surface area (Å²) < 4.78 is 0. The summed E-state index contributed by atoms with van der Waals surface area (Å²) >= 11 is 0. The van der Waals surface area contributed by atoms with Gasteiger partial charge in [0.15, 0.2) is 0 Å². The van der Waals surface area contributed by atoms with Gasteiger partial charge >= 0.3 is 0 Å². The summed E-state index contributed by atoms with van der Waals surface area (Å²) in [7, 11) is 0. The highest BCUT2D eigenvalue weighted by Crippen LogP contribution is 1.95. The standard InChI is InChI=1S/C8H15N3O2.ClH/c1-2-9-7(12)5-6-8(13)11-4-3-10-6;/h6,10H,2-5H2,1H3,(H,9,12)(H,11,13);1H. The first-order valence-corrected chi connectivity index (χ1v) is 4.52. The molecule has 3 N–H and O–H groups in total. The maximum absolute atomic E-state index is 11.2. The predicted octanol–water partition coefficient (Wildman–Crippen LogP) is -0.978. The molecule has 14 heavy (non-hydrogen) atoms. The van der Waals surface area contributed by atoms with Gasteiger partial charge in [-0.1, -0.05) is 0 Å². The lowest BCUT2D eigenvalue weighted by Gasteiger charge is -2.22. The Morgan fingerprint density at radius 1 is 1.57 bits per heavy atom. The SMILES string of the molecule is CCNC(=O)CC1NCCNC1=O.Cl. The molecule has 82 valence electrons. The van der Waals surface area contributed by atoms with Crippen LogP contribution >= 0.6 is 12.4 Å². The van der Waals surface area contributed by atoms with Crippen LogP contribution in [0.3, 0.4) is 0 Å². The first-order chi connectivity index (χ1) is 6.24. The molecular formula is C8H16ClN3O2. The van der Waals surface area contributed by atoms with Crippen molar-refractivity contribution in [2.45, 2.75) is 19.4 Å². The Hall–Kier alpha value is -0.810. The summed E-state index contributed by atoms with van der Waals surface area (Å²) in [6, 6.07) is -0.361. The third kappa shape index (κ3) is 3.93. The molecule has 0 radical (unpaired) electrons. The molecule has 2 amide bonds. The number of halogens is 1. The van der Waals surface area contributed by atoms with E-state index in [2.05, 4.69) is 16.0 Å². The van der Waals surface area contributed by atoms with E-state index in [1.165, 1.54) is 0 Å². The zero-order chi connectivity index (χ0) is 9.68. The van der Waals surface area contributed by atoms with Crippen LogP contribution < -0.4 is 16.0 Å². The molecule has 0 saturated carbocycles. The minimum absolute atomic E-state index is 0. The van der Waals surface area contributed by atoms with Crippen molar-refractivity contribution >= 4 is 24.2 Å². The summed E-state index contributed by atoms with van der Waals surface area (Å²) in [4.78, 5) is 22.3. The fourth-order valence-electron chi connectivity index (χ4n) is 1.27. The predicted molar refractivity (Wildman–Crippen MR) is 55.3 cm³/mol. The van der Waals surface area contributed by atoms with Crippen molar-refractivity contribution in [3.8, 4) is 0 Å². The lowest BCUT2D eigenvalue weighted by molar-refractivity contribution is -0.129. The molecule has 0 aliphatic carbocycles. The Bertz CT molecular complexity index is 211. The molecule has 1 unspecified atom stereocenters. The zero-order valence-electron chi connectivity index (χ0n) is 8.13. The van der Waals surface area contributed by atoms with E-state index in [-0.39, 0.29) is 36.7 Å². The maximum Gasteiger partial charge on any atom is 0.237 e. The number of carbonyl (C=O) groups excluding carboxylic acids is 2. The smallest absolute Gasteiger partial charge is 0.237 e. The first kappa shape index (κ1) is 13.2. The number of amides is 2. The fourth-order valence-corrected chi connectivity index (χ4v) is 1.27. The number of piperazine rings is 1. The molecule has 1 saturated heterocycles. The Balaban J connectivity index is 0.00000169. The number of carbonyl (C=O) groups is 2. The van der Waals surface area contributed by atoms with Crippen LogP contribution in [0.2, 0.25) is 0 Å². The molecule has 1 fully saturated rings. The minimum Gasteiger partial charge on any atom is -0.356 e. The minimum atomic E-state index is -0.361. The summed E-state index contributed by atoms with van der Waals surface area (Å²) in [5, 5.41) is 8.34. The summed E-state index contributed by atoms with van der Waals surface area (Å²) in [6.45, 7) is 3.83. The molecule has 1 aliphatic heterocycles. The molecule has 1 atom stereocenters. The van der Waals surface area contributed by atoms with Crippen molar-refractivity contribution < 1.29 is 9.59 Å². The molecule has 5 nitrogen and oxygen atoms in total. The normalized spacial score (nSPS) is 20.6. The third-order valence-corrected chi connectivity index (χ3v) is 1.89. The van der Waals surface area contributed by atoms with Crippen LogP contribution in [0, 0.1) is 0 Å². The molecule has 0 aromatic rings.